The van der Waals surface area contributed by atoms with E-state index in [0.717, 1.165) is 4.90 Å². The second kappa shape index (κ2) is 10.5. The Morgan fingerprint density at radius 2 is 1.50 bits per heavy atom. The van der Waals surface area contributed by atoms with Crippen molar-refractivity contribution in [3.63, 3.8) is 0 Å². The predicted molar refractivity (Wildman–Crippen MR) is 127 cm³/mol. The molecule has 180 valence electrons. The Hall–Kier alpha value is -3.72. The number of rotatable bonds is 3. The molecule has 4 amide bonds. The summed E-state index contributed by atoms with van der Waals surface area (Å²) in [6.45, 7) is 5.04. The number of para-hydroxylation sites is 1. The molecule has 3 rings (SSSR count). The van der Waals surface area contributed by atoms with Crippen LogP contribution in [0.25, 0.3) is 0 Å². The Bertz CT molecular complexity index is 1070. The zero-order valence-electron chi connectivity index (χ0n) is 19.6. The van der Waals surface area contributed by atoms with Crippen LogP contribution in [0, 0.1) is 5.92 Å². The zero-order chi connectivity index (χ0) is 25.0. The third-order valence-electron chi connectivity index (χ3n) is 5.87. The molecule has 1 heterocycles. The maximum atomic E-state index is 13.5. The summed E-state index contributed by atoms with van der Waals surface area (Å²) in [6.07, 6.45) is -1.36. The molecule has 0 aliphatic carbocycles. The van der Waals surface area contributed by atoms with Crippen LogP contribution in [0.15, 0.2) is 54.6 Å². The third-order valence-corrected chi connectivity index (χ3v) is 5.87. The van der Waals surface area contributed by atoms with Gasteiger partial charge in [-0.3, -0.25) is 19.2 Å². The minimum absolute atomic E-state index is 0.150. The summed E-state index contributed by atoms with van der Waals surface area (Å²) >= 11 is 0. The van der Waals surface area contributed by atoms with E-state index in [0.29, 0.717) is 5.56 Å². The average molecular weight is 467 g/mol. The van der Waals surface area contributed by atoms with Gasteiger partial charge in [-0.05, 0) is 30.5 Å². The van der Waals surface area contributed by atoms with Gasteiger partial charge in [-0.1, -0.05) is 56.3 Å². The lowest BCUT2D eigenvalue weighted by atomic mass is 9.97. The van der Waals surface area contributed by atoms with Gasteiger partial charge in [0.25, 0.3) is 5.91 Å². The second-order valence-corrected chi connectivity index (χ2v) is 8.71. The van der Waals surface area contributed by atoms with Gasteiger partial charge in [-0.25, -0.2) is 0 Å². The van der Waals surface area contributed by atoms with Crippen LogP contribution in [-0.4, -0.2) is 58.8 Å². The highest BCUT2D eigenvalue weighted by Gasteiger charge is 2.39. The quantitative estimate of drug-likeness (QED) is 0.545. The average Bonchev–Trinajstić information content (AvgIpc) is 2.82. The lowest BCUT2D eigenvalue weighted by Gasteiger charge is -2.34. The Labute approximate surface area is 198 Å². The Balaban J connectivity index is 2.12. The van der Waals surface area contributed by atoms with Gasteiger partial charge in [0.2, 0.25) is 17.7 Å². The molecule has 1 aliphatic heterocycles. The Kier molecular flexibility index (Phi) is 7.68. The van der Waals surface area contributed by atoms with Crippen LogP contribution in [-0.2, 0) is 14.4 Å². The van der Waals surface area contributed by atoms with E-state index in [2.05, 4.69) is 16.0 Å². The van der Waals surface area contributed by atoms with E-state index in [1.807, 2.05) is 0 Å². The lowest BCUT2D eigenvalue weighted by molar-refractivity contribution is -0.145. The van der Waals surface area contributed by atoms with E-state index in [1.165, 1.54) is 20.0 Å². The summed E-state index contributed by atoms with van der Waals surface area (Å²) in [7, 11) is 1.42. The predicted octanol–water partition coefficient (Wildman–Crippen LogP) is 1.46. The van der Waals surface area contributed by atoms with E-state index in [1.54, 1.807) is 62.4 Å². The monoisotopic (exact) mass is 466 g/mol. The van der Waals surface area contributed by atoms with E-state index in [9.17, 15) is 24.3 Å². The van der Waals surface area contributed by atoms with Gasteiger partial charge in [-0.15, -0.1) is 0 Å². The molecule has 9 nitrogen and oxygen atoms in total. The topological polar surface area (TPSA) is 128 Å². The maximum Gasteiger partial charge on any atom is 0.254 e. The normalized spacial score (nSPS) is 23.0. The molecule has 1 aliphatic rings. The molecule has 0 saturated carbocycles. The van der Waals surface area contributed by atoms with Crippen LogP contribution in [0.1, 0.15) is 42.8 Å². The number of hydrogen-bond donors (Lipinski definition) is 4. The number of amides is 4. The molecular weight excluding hydrogens is 436 g/mol. The summed E-state index contributed by atoms with van der Waals surface area (Å²) in [6, 6.07) is 11.6. The van der Waals surface area contributed by atoms with Crippen molar-refractivity contribution >= 4 is 29.3 Å². The van der Waals surface area contributed by atoms with Gasteiger partial charge in [0.1, 0.15) is 24.2 Å². The smallest absolute Gasteiger partial charge is 0.254 e. The van der Waals surface area contributed by atoms with Crippen molar-refractivity contribution in [3.05, 3.63) is 65.7 Å². The lowest BCUT2D eigenvalue weighted by Crippen LogP contribution is -2.58. The van der Waals surface area contributed by atoms with Crippen molar-refractivity contribution in [3.8, 4) is 0 Å². The fraction of sp³-hybridized carbons (Fsp3) is 0.360. The number of carbonyl (C=O) groups is 4. The first-order valence-electron chi connectivity index (χ1n) is 11.1. The molecule has 0 fully saturated rings. The van der Waals surface area contributed by atoms with Gasteiger partial charge in [0.05, 0.1) is 11.3 Å². The van der Waals surface area contributed by atoms with E-state index < -0.39 is 47.9 Å². The molecule has 0 unspecified atom stereocenters. The molecule has 0 spiro atoms. The number of benzene rings is 2. The first-order chi connectivity index (χ1) is 16.1. The molecule has 2 aromatic carbocycles. The Morgan fingerprint density at radius 3 is 2.15 bits per heavy atom. The number of hydrogen-bond acceptors (Lipinski definition) is 5. The highest BCUT2D eigenvalue weighted by molar-refractivity contribution is 6.07. The van der Waals surface area contributed by atoms with Crippen LogP contribution in [0.3, 0.4) is 0 Å². The summed E-state index contributed by atoms with van der Waals surface area (Å²) in [5.74, 6) is -2.62. The molecular formula is C25H30N4O5. The number of aliphatic hydroxyl groups excluding tert-OH is 1. The summed E-state index contributed by atoms with van der Waals surface area (Å²) < 4.78 is 0. The van der Waals surface area contributed by atoms with Crippen LogP contribution in [0.4, 0.5) is 5.69 Å². The Morgan fingerprint density at radius 1 is 0.882 bits per heavy atom. The SMILES string of the molecule is CC(C)[C@H]1NC(=O)[C@@H](C)NC(=O)c2ccccc2NC(=O)[C@@H]([C@@H](O)c2ccccc2)N(C)C1=O. The molecule has 0 radical (unpaired) electrons. The number of fused-ring (bicyclic) bond motifs is 1. The summed E-state index contributed by atoms with van der Waals surface area (Å²) in [4.78, 5) is 53.8. The number of anilines is 1. The molecule has 0 aromatic heterocycles. The highest BCUT2D eigenvalue weighted by atomic mass is 16.3. The van der Waals surface area contributed by atoms with Crippen molar-refractivity contribution in [2.45, 2.75) is 45.0 Å². The number of aliphatic hydroxyl groups is 1. The largest absolute Gasteiger partial charge is 0.386 e. The molecule has 4 N–H and O–H groups in total. The van der Waals surface area contributed by atoms with Gasteiger partial charge >= 0.3 is 0 Å². The van der Waals surface area contributed by atoms with Gasteiger partial charge < -0.3 is 26.0 Å². The molecule has 34 heavy (non-hydrogen) atoms. The van der Waals surface area contributed by atoms with E-state index >= 15 is 0 Å². The van der Waals surface area contributed by atoms with Gasteiger partial charge in [0, 0.05) is 7.05 Å². The second-order valence-electron chi connectivity index (χ2n) is 8.71. The minimum atomic E-state index is -1.36. The first-order valence-corrected chi connectivity index (χ1v) is 11.1. The van der Waals surface area contributed by atoms with E-state index in [-0.39, 0.29) is 17.2 Å². The highest BCUT2D eigenvalue weighted by Crippen LogP contribution is 2.25. The summed E-state index contributed by atoms with van der Waals surface area (Å²) in [5, 5.41) is 19.1. The molecule has 0 saturated heterocycles. The van der Waals surface area contributed by atoms with Gasteiger partial charge in [0.15, 0.2) is 0 Å². The summed E-state index contributed by atoms with van der Waals surface area (Å²) in [5.41, 5.74) is 0.789. The fourth-order valence-electron chi connectivity index (χ4n) is 3.85. The number of nitrogens with one attached hydrogen (secondary N) is 3. The standard InChI is InChI=1S/C25H30N4O5/c1-14(2)19-25(34)29(4)20(21(30)16-10-6-5-7-11-16)24(33)27-18-13-9-8-12-17(18)23(32)26-15(3)22(31)28-19/h5-15,19-21,30H,1-4H3,(H,26,32)(H,27,33)(H,28,31)/t15-,19-,20-,21+/m1/s1. The molecule has 0 bridgehead atoms. The van der Waals surface area contributed by atoms with Crippen molar-refractivity contribution in [1.82, 2.24) is 15.5 Å². The number of carbonyl (C=O) groups excluding carboxylic acids is 4. The van der Waals surface area contributed by atoms with Gasteiger partial charge in [-0.2, -0.15) is 0 Å². The molecule has 2 aromatic rings. The van der Waals surface area contributed by atoms with Crippen LogP contribution >= 0.6 is 0 Å². The number of nitrogens with zero attached hydrogens (tertiary/aromatic N) is 1. The fourth-order valence-corrected chi connectivity index (χ4v) is 3.85. The third kappa shape index (κ3) is 5.26. The zero-order valence-corrected chi connectivity index (χ0v) is 19.6. The van der Waals surface area contributed by atoms with Crippen molar-refractivity contribution in [2.24, 2.45) is 5.92 Å². The number of likely N-dealkylation sites (N-methyl/N-ethyl adjacent to an activating group) is 1. The van der Waals surface area contributed by atoms with Crippen LogP contribution in [0.5, 0.6) is 0 Å². The van der Waals surface area contributed by atoms with Crippen LogP contribution in [0.2, 0.25) is 0 Å². The van der Waals surface area contributed by atoms with Crippen LogP contribution < -0.4 is 16.0 Å². The minimum Gasteiger partial charge on any atom is -0.386 e. The van der Waals surface area contributed by atoms with Crippen molar-refractivity contribution in [1.29, 1.82) is 0 Å². The molecule has 4 atom stereocenters. The van der Waals surface area contributed by atoms with E-state index in [4.69, 9.17) is 0 Å². The van der Waals surface area contributed by atoms with Crippen molar-refractivity contribution < 1.29 is 24.3 Å². The first kappa shape index (κ1) is 24.9. The molecule has 9 heteroatoms. The maximum absolute atomic E-state index is 13.5. The van der Waals surface area contributed by atoms with Crippen molar-refractivity contribution in [2.75, 3.05) is 12.4 Å².